The Labute approximate surface area is 96.0 Å². The van der Waals surface area contributed by atoms with E-state index in [9.17, 15) is 4.79 Å². The average Bonchev–Trinajstić information content (AvgIpc) is 2.28. The second-order valence-electron chi connectivity index (χ2n) is 3.59. The lowest BCUT2D eigenvalue weighted by Gasteiger charge is -2.07. The van der Waals surface area contributed by atoms with Crippen molar-refractivity contribution in [1.82, 2.24) is 4.98 Å². The summed E-state index contributed by atoms with van der Waals surface area (Å²) >= 11 is 0. The highest BCUT2D eigenvalue weighted by Crippen LogP contribution is 2.09. The van der Waals surface area contributed by atoms with E-state index in [2.05, 4.69) is 17.2 Å². The standard InChI is InChI=1S/C12H18N2O2/c1-3-4-8-16-9-12(15)14-11-6-5-7-13-10(11)2/h5-7H,3-4,8-9H2,1-2H3,(H,14,15). The second kappa shape index (κ2) is 6.95. The lowest BCUT2D eigenvalue weighted by atomic mass is 10.3. The van der Waals surface area contributed by atoms with Crippen molar-refractivity contribution in [3.8, 4) is 0 Å². The van der Waals surface area contributed by atoms with Crippen molar-refractivity contribution in [2.75, 3.05) is 18.5 Å². The molecular weight excluding hydrogens is 204 g/mol. The normalized spacial score (nSPS) is 10.1. The molecule has 1 aromatic heterocycles. The Hall–Kier alpha value is -1.42. The van der Waals surface area contributed by atoms with Crippen LogP contribution in [0.3, 0.4) is 0 Å². The molecule has 1 N–H and O–H groups in total. The average molecular weight is 222 g/mol. The van der Waals surface area contributed by atoms with Crippen LogP contribution < -0.4 is 5.32 Å². The van der Waals surface area contributed by atoms with Gasteiger partial charge in [-0.15, -0.1) is 0 Å². The van der Waals surface area contributed by atoms with Crippen LogP contribution in [0.1, 0.15) is 25.5 Å². The number of unbranched alkanes of at least 4 members (excludes halogenated alkanes) is 1. The van der Waals surface area contributed by atoms with Crippen LogP contribution >= 0.6 is 0 Å². The van der Waals surface area contributed by atoms with E-state index in [0.29, 0.717) is 6.61 Å². The van der Waals surface area contributed by atoms with E-state index in [4.69, 9.17) is 4.74 Å². The lowest BCUT2D eigenvalue weighted by molar-refractivity contribution is -0.120. The minimum atomic E-state index is -0.132. The highest BCUT2D eigenvalue weighted by molar-refractivity contribution is 5.92. The molecule has 0 bridgehead atoms. The number of carbonyl (C=O) groups is 1. The van der Waals surface area contributed by atoms with Gasteiger partial charge in [-0.1, -0.05) is 13.3 Å². The summed E-state index contributed by atoms with van der Waals surface area (Å²) in [5, 5.41) is 2.76. The van der Waals surface area contributed by atoms with Crippen molar-refractivity contribution in [2.45, 2.75) is 26.7 Å². The Kier molecular flexibility index (Phi) is 5.50. The predicted molar refractivity (Wildman–Crippen MR) is 63.3 cm³/mol. The Morgan fingerprint density at radius 1 is 1.56 bits per heavy atom. The van der Waals surface area contributed by atoms with Gasteiger partial charge in [-0.05, 0) is 25.5 Å². The number of anilines is 1. The van der Waals surface area contributed by atoms with Gasteiger partial charge in [0.1, 0.15) is 6.61 Å². The van der Waals surface area contributed by atoms with Crippen molar-refractivity contribution in [2.24, 2.45) is 0 Å². The second-order valence-corrected chi connectivity index (χ2v) is 3.59. The number of aromatic nitrogens is 1. The van der Waals surface area contributed by atoms with Crippen LogP contribution in [0.15, 0.2) is 18.3 Å². The van der Waals surface area contributed by atoms with Crippen LogP contribution in [0.25, 0.3) is 0 Å². The Morgan fingerprint density at radius 3 is 3.06 bits per heavy atom. The molecule has 0 saturated heterocycles. The van der Waals surface area contributed by atoms with Crippen molar-refractivity contribution in [3.05, 3.63) is 24.0 Å². The highest BCUT2D eigenvalue weighted by atomic mass is 16.5. The summed E-state index contributed by atoms with van der Waals surface area (Å²) < 4.78 is 5.22. The molecule has 0 unspecified atom stereocenters. The van der Waals surface area contributed by atoms with Crippen LogP contribution in [-0.4, -0.2) is 24.1 Å². The molecule has 88 valence electrons. The molecule has 0 aliphatic heterocycles. The first-order chi connectivity index (χ1) is 7.74. The van der Waals surface area contributed by atoms with Gasteiger partial charge in [-0.25, -0.2) is 0 Å². The molecule has 0 atom stereocenters. The minimum absolute atomic E-state index is 0.105. The largest absolute Gasteiger partial charge is 0.372 e. The van der Waals surface area contributed by atoms with Gasteiger partial charge >= 0.3 is 0 Å². The molecule has 1 rings (SSSR count). The fraction of sp³-hybridized carbons (Fsp3) is 0.500. The molecule has 4 heteroatoms. The smallest absolute Gasteiger partial charge is 0.250 e. The summed E-state index contributed by atoms with van der Waals surface area (Å²) in [7, 11) is 0. The molecule has 4 nitrogen and oxygen atoms in total. The number of ether oxygens (including phenoxy) is 1. The topological polar surface area (TPSA) is 51.2 Å². The van der Waals surface area contributed by atoms with Gasteiger partial charge in [-0.3, -0.25) is 9.78 Å². The van der Waals surface area contributed by atoms with Gasteiger partial charge < -0.3 is 10.1 Å². The first kappa shape index (κ1) is 12.6. The molecule has 1 heterocycles. The third kappa shape index (κ3) is 4.40. The lowest BCUT2D eigenvalue weighted by Crippen LogP contribution is -2.19. The number of carbonyl (C=O) groups excluding carboxylic acids is 1. The molecule has 0 aliphatic carbocycles. The summed E-state index contributed by atoms with van der Waals surface area (Å²) in [5.41, 5.74) is 1.55. The molecule has 0 spiro atoms. The molecule has 0 fully saturated rings. The first-order valence-electron chi connectivity index (χ1n) is 5.53. The van der Waals surface area contributed by atoms with Crippen LogP contribution in [0, 0.1) is 6.92 Å². The van der Waals surface area contributed by atoms with Gasteiger partial charge in [0.2, 0.25) is 5.91 Å². The van der Waals surface area contributed by atoms with Gasteiger partial charge in [0, 0.05) is 12.8 Å². The summed E-state index contributed by atoms with van der Waals surface area (Å²) in [6, 6.07) is 3.62. The molecule has 0 saturated carbocycles. The number of hydrogen-bond acceptors (Lipinski definition) is 3. The maximum atomic E-state index is 11.5. The summed E-state index contributed by atoms with van der Waals surface area (Å²) in [6.07, 6.45) is 3.76. The van der Waals surface area contributed by atoms with Crippen molar-refractivity contribution >= 4 is 11.6 Å². The zero-order chi connectivity index (χ0) is 11.8. The summed E-state index contributed by atoms with van der Waals surface area (Å²) in [6.45, 7) is 4.68. The molecule has 1 amide bonds. The van der Waals surface area contributed by atoms with E-state index in [1.165, 1.54) is 0 Å². The zero-order valence-electron chi connectivity index (χ0n) is 9.82. The number of pyridine rings is 1. The molecule has 0 aromatic carbocycles. The van der Waals surface area contributed by atoms with E-state index < -0.39 is 0 Å². The Morgan fingerprint density at radius 2 is 2.38 bits per heavy atom. The quantitative estimate of drug-likeness (QED) is 0.750. The number of amides is 1. The zero-order valence-corrected chi connectivity index (χ0v) is 9.82. The Bertz CT molecular complexity index is 340. The van der Waals surface area contributed by atoms with Crippen molar-refractivity contribution in [1.29, 1.82) is 0 Å². The monoisotopic (exact) mass is 222 g/mol. The van der Waals surface area contributed by atoms with Crippen molar-refractivity contribution < 1.29 is 9.53 Å². The van der Waals surface area contributed by atoms with E-state index in [0.717, 1.165) is 24.2 Å². The maximum absolute atomic E-state index is 11.5. The van der Waals surface area contributed by atoms with E-state index in [1.807, 2.05) is 13.0 Å². The molecular formula is C12H18N2O2. The third-order valence-corrected chi connectivity index (χ3v) is 2.16. The maximum Gasteiger partial charge on any atom is 0.250 e. The van der Waals surface area contributed by atoms with E-state index in [1.54, 1.807) is 12.3 Å². The predicted octanol–water partition coefficient (Wildman–Crippen LogP) is 2.15. The first-order valence-corrected chi connectivity index (χ1v) is 5.53. The van der Waals surface area contributed by atoms with Crippen LogP contribution in [0.5, 0.6) is 0 Å². The highest BCUT2D eigenvalue weighted by Gasteiger charge is 2.04. The van der Waals surface area contributed by atoms with Crippen LogP contribution in [-0.2, 0) is 9.53 Å². The molecule has 0 aliphatic rings. The summed E-state index contributed by atoms with van der Waals surface area (Å²) in [4.78, 5) is 15.6. The Balaban J connectivity index is 2.32. The minimum Gasteiger partial charge on any atom is -0.372 e. The van der Waals surface area contributed by atoms with Gasteiger partial charge in [0.25, 0.3) is 0 Å². The molecule has 1 aromatic rings. The summed E-state index contributed by atoms with van der Waals surface area (Å²) in [5.74, 6) is -0.132. The third-order valence-electron chi connectivity index (χ3n) is 2.16. The number of nitrogens with one attached hydrogen (secondary N) is 1. The van der Waals surface area contributed by atoms with Crippen LogP contribution in [0.2, 0.25) is 0 Å². The fourth-order valence-electron chi connectivity index (χ4n) is 1.21. The van der Waals surface area contributed by atoms with Gasteiger partial charge in [-0.2, -0.15) is 0 Å². The number of rotatable bonds is 6. The molecule has 16 heavy (non-hydrogen) atoms. The fourth-order valence-corrected chi connectivity index (χ4v) is 1.21. The number of aryl methyl sites for hydroxylation is 1. The van der Waals surface area contributed by atoms with E-state index in [-0.39, 0.29) is 12.5 Å². The number of nitrogens with zero attached hydrogens (tertiary/aromatic N) is 1. The van der Waals surface area contributed by atoms with Gasteiger partial charge in [0.05, 0.1) is 11.4 Å². The van der Waals surface area contributed by atoms with E-state index >= 15 is 0 Å². The van der Waals surface area contributed by atoms with Gasteiger partial charge in [0.15, 0.2) is 0 Å². The SMILES string of the molecule is CCCCOCC(=O)Nc1cccnc1C. The van der Waals surface area contributed by atoms with Crippen molar-refractivity contribution in [3.63, 3.8) is 0 Å². The number of hydrogen-bond donors (Lipinski definition) is 1. The molecule has 0 radical (unpaired) electrons. The van der Waals surface area contributed by atoms with Crippen LogP contribution in [0.4, 0.5) is 5.69 Å².